The van der Waals surface area contributed by atoms with Gasteiger partial charge in [0.15, 0.2) is 9.84 Å². The Morgan fingerprint density at radius 1 is 1.24 bits per heavy atom. The van der Waals surface area contributed by atoms with Crippen LogP contribution in [0.25, 0.3) is 0 Å². The van der Waals surface area contributed by atoms with Crippen molar-refractivity contribution in [1.29, 1.82) is 5.26 Å². The van der Waals surface area contributed by atoms with Gasteiger partial charge in [-0.3, -0.25) is 4.79 Å². The lowest BCUT2D eigenvalue weighted by molar-refractivity contribution is -0.174. The first-order valence-electron chi connectivity index (χ1n) is 7.22. The topological polar surface area (TPSA) is 96.3 Å². The summed E-state index contributed by atoms with van der Waals surface area (Å²) in [5.74, 6) is -1.80. The van der Waals surface area contributed by atoms with Gasteiger partial charge in [-0.1, -0.05) is 12.1 Å². The number of halogens is 3. The number of nitrogens with zero attached hydrogens (tertiary/aromatic N) is 1. The van der Waals surface area contributed by atoms with E-state index < -0.39 is 34.3 Å². The van der Waals surface area contributed by atoms with Crippen LogP contribution in [0.5, 0.6) is 0 Å². The molecule has 1 aromatic rings. The molecule has 0 radical (unpaired) electrons. The van der Waals surface area contributed by atoms with Gasteiger partial charge >= 0.3 is 6.18 Å². The largest absolute Gasteiger partial charge is 0.411 e. The summed E-state index contributed by atoms with van der Waals surface area (Å²) < 4.78 is 63.7. The molecule has 6 nitrogen and oxygen atoms in total. The molecule has 0 bridgehead atoms. The third-order valence-corrected chi connectivity index (χ3v) is 4.35. The quantitative estimate of drug-likeness (QED) is 0.658. The van der Waals surface area contributed by atoms with Crippen molar-refractivity contribution in [3.05, 3.63) is 35.4 Å². The second-order valence-corrected chi connectivity index (χ2v) is 7.28. The van der Waals surface area contributed by atoms with Gasteiger partial charge in [0.1, 0.15) is 12.4 Å². The highest BCUT2D eigenvalue weighted by molar-refractivity contribution is 7.91. The molecular weight excluding hydrogens is 361 g/mol. The van der Waals surface area contributed by atoms with Crippen molar-refractivity contribution < 1.29 is 31.1 Å². The van der Waals surface area contributed by atoms with Crippen LogP contribution in [0.3, 0.4) is 0 Å². The maximum Gasteiger partial charge on any atom is 0.411 e. The minimum atomic E-state index is -4.40. The Morgan fingerprint density at radius 2 is 1.88 bits per heavy atom. The number of ether oxygens (including phenoxy) is 1. The van der Waals surface area contributed by atoms with Gasteiger partial charge in [-0.15, -0.1) is 0 Å². The number of alkyl halides is 3. The van der Waals surface area contributed by atoms with Gasteiger partial charge in [0.25, 0.3) is 0 Å². The van der Waals surface area contributed by atoms with Gasteiger partial charge in [0.2, 0.25) is 5.91 Å². The maximum absolute atomic E-state index is 11.9. The van der Waals surface area contributed by atoms with Gasteiger partial charge in [0, 0.05) is 13.2 Å². The van der Waals surface area contributed by atoms with Crippen molar-refractivity contribution in [1.82, 2.24) is 5.32 Å². The Kier molecular flexibility index (Phi) is 7.86. The molecule has 0 aliphatic carbocycles. The van der Waals surface area contributed by atoms with Crippen LogP contribution in [-0.4, -0.2) is 46.0 Å². The summed E-state index contributed by atoms with van der Waals surface area (Å²) in [5.41, 5.74) is 0.846. The van der Waals surface area contributed by atoms with E-state index in [1.54, 1.807) is 0 Å². The number of carbonyl (C=O) groups excluding carboxylic acids is 1. The van der Waals surface area contributed by atoms with Gasteiger partial charge in [-0.05, 0) is 24.1 Å². The first-order chi connectivity index (χ1) is 11.6. The molecule has 1 aromatic carbocycles. The van der Waals surface area contributed by atoms with Crippen LogP contribution in [0.4, 0.5) is 13.2 Å². The van der Waals surface area contributed by atoms with E-state index in [2.05, 4.69) is 10.1 Å². The Bertz CT molecular complexity index is 710. The van der Waals surface area contributed by atoms with Crippen molar-refractivity contribution in [2.75, 3.05) is 25.5 Å². The van der Waals surface area contributed by atoms with Gasteiger partial charge in [-0.25, -0.2) is 8.42 Å². The van der Waals surface area contributed by atoms with E-state index in [0.717, 1.165) is 0 Å². The fourth-order valence-electron chi connectivity index (χ4n) is 1.82. The zero-order chi connectivity index (χ0) is 18.9. The van der Waals surface area contributed by atoms with Crippen LogP contribution >= 0.6 is 0 Å². The molecule has 0 saturated carbocycles. The summed E-state index contributed by atoms with van der Waals surface area (Å²) >= 11 is 0. The van der Waals surface area contributed by atoms with E-state index >= 15 is 0 Å². The average molecular weight is 378 g/mol. The molecule has 0 aromatic heterocycles. The molecule has 10 heteroatoms. The van der Waals surface area contributed by atoms with Crippen molar-refractivity contribution in [3.8, 4) is 6.07 Å². The van der Waals surface area contributed by atoms with Crippen molar-refractivity contribution in [3.63, 3.8) is 0 Å². The fraction of sp³-hybridized carbons (Fsp3) is 0.467. The van der Waals surface area contributed by atoms with Crippen LogP contribution in [0.2, 0.25) is 0 Å². The number of hydrogen-bond donors (Lipinski definition) is 1. The number of rotatable bonds is 9. The molecule has 1 amide bonds. The SMILES string of the molecule is N#Cc1ccc(CS(=O)(=O)CC(=O)NCCCOCC(F)(F)F)cc1. The molecule has 0 aliphatic heterocycles. The monoisotopic (exact) mass is 378 g/mol. The van der Waals surface area contributed by atoms with E-state index in [4.69, 9.17) is 5.26 Å². The van der Waals surface area contributed by atoms with E-state index in [-0.39, 0.29) is 25.3 Å². The molecule has 0 aliphatic rings. The summed E-state index contributed by atoms with van der Waals surface area (Å²) in [6.07, 6.45) is -4.26. The van der Waals surface area contributed by atoms with Gasteiger partial charge in [0.05, 0.1) is 17.4 Å². The first kappa shape index (κ1) is 20.9. The van der Waals surface area contributed by atoms with E-state index in [1.807, 2.05) is 6.07 Å². The molecule has 0 unspecified atom stereocenters. The summed E-state index contributed by atoms with van der Waals surface area (Å²) in [6.45, 7) is -1.54. The lowest BCUT2D eigenvalue weighted by atomic mass is 10.2. The maximum atomic E-state index is 11.9. The van der Waals surface area contributed by atoms with Crippen LogP contribution < -0.4 is 5.32 Å². The number of nitrogens with one attached hydrogen (secondary N) is 1. The minimum Gasteiger partial charge on any atom is -0.372 e. The third-order valence-electron chi connectivity index (χ3n) is 2.87. The number of carbonyl (C=O) groups is 1. The van der Waals surface area contributed by atoms with Gasteiger partial charge in [-0.2, -0.15) is 18.4 Å². The molecule has 0 saturated heterocycles. The summed E-state index contributed by atoms with van der Waals surface area (Å²) in [6, 6.07) is 7.85. The molecule has 25 heavy (non-hydrogen) atoms. The number of benzene rings is 1. The molecule has 138 valence electrons. The number of hydrogen-bond acceptors (Lipinski definition) is 5. The van der Waals surface area contributed by atoms with Crippen molar-refractivity contribution in [2.24, 2.45) is 0 Å². The van der Waals surface area contributed by atoms with Crippen LogP contribution in [0.1, 0.15) is 17.5 Å². The smallest absolute Gasteiger partial charge is 0.372 e. The third kappa shape index (κ3) is 9.69. The predicted molar refractivity (Wildman–Crippen MR) is 83.1 cm³/mol. The zero-order valence-electron chi connectivity index (χ0n) is 13.2. The van der Waals surface area contributed by atoms with Crippen LogP contribution in [0.15, 0.2) is 24.3 Å². The van der Waals surface area contributed by atoms with E-state index in [9.17, 15) is 26.4 Å². The average Bonchev–Trinajstić information content (AvgIpc) is 2.49. The zero-order valence-corrected chi connectivity index (χ0v) is 14.0. The summed E-state index contributed by atoms with van der Waals surface area (Å²) in [4.78, 5) is 11.6. The first-order valence-corrected chi connectivity index (χ1v) is 9.04. The summed E-state index contributed by atoms with van der Waals surface area (Å²) in [7, 11) is -3.70. The fourth-order valence-corrected chi connectivity index (χ4v) is 3.13. The van der Waals surface area contributed by atoms with E-state index in [0.29, 0.717) is 11.1 Å². The lowest BCUT2D eigenvalue weighted by Crippen LogP contribution is -2.32. The molecule has 0 atom stereocenters. The van der Waals surface area contributed by atoms with Crippen LogP contribution in [0, 0.1) is 11.3 Å². The normalized spacial score (nSPS) is 11.8. The predicted octanol–water partition coefficient (Wildman–Crippen LogP) is 1.56. The number of nitriles is 1. The molecule has 0 heterocycles. The number of amides is 1. The minimum absolute atomic E-state index is 0.0169. The second-order valence-electron chi connectivity index (χ2n) is 5.21. The Balaban J connectivity index is 2.31. The number of sulfone groups is 1. The standard InChI is InChI=1S/C15H17F3N2O4S/c16-15(17,18)11-24-7-1-6-20-14(21)10-25(22,23)9-13-4-2-12(8-19)3-5-13/h2-5H,1,6-7,9-11H2,(H,20,21). The Morgan fingerprint density at radius 3 is 2.44 bits per heavy atom. The molecular formula is C15H17F3N2O4S. The lowest BCUT2D eigenvalue weighted by Gasteiger charge is -2.08. The Labute approximate surface area is 143 Å². The van der Waals surface area contributed by atoms with Crippen molar-refractivity contribution >= 4 is 15.7 Å². The highest BCUT2D eigenvalue weighted by Crippen LogP contribution is 2.14. The van der Waals surface area contributed by atoms with Crippen molar-refractivity contribution in [2.45, 2.75) is 18.3 Å². The second kappa shape index (κ2) is 9.39. The van der Waals surface area contributed by atoms with E-state index in [1.165, 1.54) is 24.3 Å². The highest BCUT2D eigenvalue weighted by Gasteiger charge is 2.27. The molecule has 0 spiro atoms. The molecule has 1 N–H and O–H groups in total. The highest BCUT2D eigenvalue weighted by atomic mass is 32.2. The molecule has 1 rings (SSSR count). The Hall–Kier alpha value is -2.12. The van der Waals surface area contributed by atoms with Crippen LogP contribution in [-0.2, 0) is 25.1 Å². The van der Waals surface area contributed by atoms with Gasteiger partial charge < -0.3 is 10.1 Å². The molecule has 0 fully saturated rings. The summed E-state index contributed by atoms with van der Waals surface area (Å²) in [5, 5.41) is 11.0.